The van der Waals surface area contributed by atoms with Gasteiger partial charge in [-0.3, -0.25) is 9.59 Å². The number of hydrogen-bond donors (Lipinski definition) is 0. The summed E-state index contributed by atoms with van der Waals surface area (Å²) in [5.74, 6) is -6.14. The predicted octanol–water partition coefficient (Wildman–Crippen LogP) is 5.75. The molecule has 0 aromatic heterocycles. The molecule has 0 saturated heterocycles. The van der Waals surface area contributed by atoms with E-state index in [9.17, 15) is 22.8 Å². The summed E-state index contributed by atoms with van der Waals surface area (Å²) in [5, 5.41) is 0. The summed E-state index contributed by atoms with van der Waals surface area (Å²) in [4.78, 5) is 25.1. The third kappa shape index (κ3) is 5.25. The van der Waals surface area contributed by atoms with E-state index in [1.807, 2.05) is 0 Å². The Morgan fingerprint density at radius 3 is 2.15 bits per heavy atom. The lowest BCUT2D eigenvalue weighted by atomic mass is 9.82. The van der Waals surface area contributed by atoms with Crippen molar-refractivity contribution in [1.29, 1.82) is 0 Å². The monoisotopic (exact) mass is 490 g/mol. The number of benzene rings is 1. The Labute approximate surface area is 169 Å². The van der Waals surface area contributed by atoms with Gasteiger partial charge in [0.15, 0.2) is 3.79 Å². The minimum atomic E-state index is -5.09. The molecule has 0 amide bonds. The van der Waals surface area contributed by atoms with E-state index >= 15 is 0 Å². The van der Waals surface area contributed by atoms with Crippen LogP contribution in [-0.2, 0) is 9.53 Å². The number of carbonyl (C=O) groups is 2. The van der Waals surface area contributed by atoms with Gasteiger partial charge in [-0.25, -0.2) is 0 Å². The van der Waals surface area contributed by atoms with Gasteiger partial charge >= 0.3 is 6.36 Å². The number of alkyl halides is 6. The molecule has 1 aliphatic carbocycles. The van der Waals surface area contributed by atoms with Crippen LogP contribution in [-0.4, -0.2) is 21.7 Å². The van der Waals surface area contributed by atoms with Crippen molar-refractivity contribution in [2.24, 2.45) is 11.8 Å². The first-order chi connectivity index (χ1) is 11.9. The van der Waals surface area contributed by atoms with Crippen molar-refractivity contribution in [3.8, 4) is 0 Å². The van der Waals surface area contributed by atoms with Crippen LogP contribution in [0.1, 0.15) is 10.4 Å². The highest BCUT2D eigenvalue weighted by Gasteiger charge is 2.49. The highest BCUT2D eigenvalue weighted by atomic mass is 79.9. The molecule has 2 unspecified atom stereocenters. The topological polar surface area (TPSA) is 43.4 Å². The standard InChI is InChI=1S/C16H9BrCl3F3O3/c17-9-6-10(15(18,19)20)12(11(7-9)26-16(21,22)23)14(25)13(24)8-4-2-1-3-5-8/h1-7,10,12H. The van der Waals surface area contributed by atoms with Crippen LogP contribution in [0.2, 0.25) is 0 Å². The Bertz CT molecular complexity index is 770. The summed E-state index contributed by atoms with van der Waals surface area (Å²) >= 11 is 20.5. The molecule has 1 aliphatic rings. The fourth-order valence-electron chi connectivity index (χ4n) is 2.39. The first-order valence-corrected chi connectivity index (χ1v) is 8.88. The van der Waals surface area contributed by atoms with Gasteiger partial charge in [0.25, 0.3) is 0 Å². The zero-order valence-corrected chi connectivity index (χ0v) is 16.4. The van der Waals surface area contributed by atoms with E-state index in [1.54, 1.807) is 6.07 Å². The predicted molar refractivity (Wildman–Crippen MR) is 95.3 cm³/mol. The molecule has 0 bridgehead atoms. The van der Waals surface area contributed by atoms with Crippen molar-refractivity contribution in [3.63, 3.8) is 0 Å². The van der Waals surface area contributed by atoms with Crippen molar-refractivity contribution < 1.29 is 27.5 Å². The maximum Gasteiger partial charge on any atom is 0.572 e. The average molecular weight is 493 g/mol. The van der Waals surface area contributed by atoms with Crippen LogP contribution in [0.5, 0.6) is 0 Å². The average Bonchev–Trinajstić information content (AvgIpc) is 2.51. The zero-order valence-electron chi connectivity index (χ0n) is 12.6. The number of ether oxygens (including phenoxy) is 1. The minimum absolute atomic E-state index is 0.000504. The fourth-order valence-corrected chi connectivity index (χ4v) is 3.47. The van der Waals surface area contributed by atoms with Gasteiger partial charge in [0.1, 0.15) is 5.76 Å². The molecule has 2 rings (SSSR count). The van der Waals surface area contributed by atoms with Gasteiger partial charge < -0.3 is 4.74 Å². The lowest BCUT2D eigenvalue weighted by Gasteiger charge is -2.33. The SMILES string of the molecule is O=C(C(=O)C1C(OC(F)(F)F)=CC(Br)=CC1C(Cl)(Cl)Cl)c1ccccc1. The molecule has 1 aromatic carbocycles. The Balaban J connectivity index is 2.48. The number of halogens is 7. The van der Waals surface area contributed by atoms with Crippen molar-refractivity contribution in [3.05, 3.63) is 58.3 Å². The molecule has 0 spiro atoms. The number of Topliss-reactive ketones (excluding diaryl/α,β-unsaturated/α-hetero) is 2. The van der Waals surface area contributed by atoms with Crippen molar-refractivity contribution >= 4 is 62.3 Å². The first-order valence-electron chi connectivity index (χ1n) is 6.95. The van der Waals surface area contributed by atoms with E-state index in [0.29, 0.717) is 0 Å². The molecular formula is C16H9BrCl3F3O3. The van der Waals surface area contributed by atoms with Gasteiger partial charge in [0.05, 0.1) is 5.92 Å². The molecule has 140 valence electrons. The van der Waals surface area contributed by atoms with Crippen LogP contribution in [0, 0.1) is 11.8 Å². The van der Waals surface area contributed by atoms with Crippen molar-refractivity contribution in [1.82, 2.24) is 0 Å². The van der Waals surface area contributed by atoms with E-state index in [4.69, 9.17) is 34.8 Å². The molecule has 0 heterocycles. The second-order valence-corrected chi connectivity index (χ2v) is 8.54. The van der Waals surface area contributed by atoms with Crippen LogP contribution in [0.25, 0.3) is 0 Å². The second kappa shape index (κ2) is 7.92. The van der Waals surface area contributed by atoms with Crippen LogP contribution >= 0.6 is 50.7 Å². The van der Waals surface area contributed by atoms with E-state index in [0.717, 1.165) is 6.08 Å². The van der Waals surface area contributed by atoms with E-state index in [-0.39, 0.29) is 10.0 Å². The highest BCUT2D eigenvalue weighted by molar-refractivity contribution is 9.11. The Hall–Kier alpha value is -1.02. The summed E-state index contributed by atoms with van der Waals surface area (Å²) in [6, 6.07) is 7.34. The maximum absolute atomic E-state index is 12.8. The second-order valence-electron chi connectivity index (χ2n) is 5.25. The quantitative estimate of drug-likeness (QED) is 0.305. The Morgan fingerprint density at radius 2 is 1.65 bits per heavy atom. The number of hydrogen-bond acceptors (Lipinski definition) is 3. The Morgan fingerprint density at radius 1 is 1.08 bits per heavy atom. The molecule has 2 atom stereocenters. The summed E-state index contributed by atoms with van der Waals surface area (Å²) < 4.78 is 40.2. The lowest BCUT2D eigenvalue weighted by Crippen LogP contribution is -2.40. The van der Waals surface area contributed by atoms with Crippen LogP contribution < -0.4 is 0 Å². The van der Waals surface area contributed by atoms with Gasteiger partial charge in [-0.15, -0.1) is 13.2 Å². The molecular weight excluding hydrogens is 483 g/mol. The van der Waals surface area contributed by atoms with Crippen LogP contribution in [0.3, 0.4) is 0 Å². The molecule has 0 N–H and O–H groups in total. The summed E-state index contributed by atoms with van der Waals surface area (Å²) in [5.41, 5.74) is 0.000504. The van der Waals surface area contributed by atoms with E-state index in [1.165, 1.54) is 30.3 Å². The smallest absolute Gasteiger partial charge is 0.409 e. The van der Waals surface area contributed by atoms with Gasteiger partial charge in [0.2, 0.25) is 11.6 Å². The summed E-state index contributed by atoms with van der Waals surface area (Å²) in [6.07, 6.45) is -2.93. The van der Waals surface area contributed by atoms with Crippen LogP contribution in [0.4, 0.5) is 13.2 Å². The number of ketones is 2. The molecule has 0 fully saturated rings. The molecule has 0 aliphatic heterocycles. The van der Waals surface area contributed by atoms with Crippen LogP contribution in [0.15, 0.2) is 52.7 Å². The van der Waals surface area contributed by atoms with Gasteiger partial charge in [0, 0.05) is 16.0 Å². The number of rotatable bonds is 4. The third-order valence-electron chi connectivity index (χ3n) is 3.44. The normalized spacial score (nSPS) is 20.9. The van der Waals surface area contributed by atoms with E-state index in [2.05, 4.69) is 20.7 Å². The molecule has 3 nitrogen and oxygen atoms in total. The summed E-state index contributed by atoms with van der Waals surface area (Å²) in [7, 11) is 0. The zero-order chi connectivity index (χ0) is 19.7. The van der Waals surface area contributed by atoms with Gasteiger partial charge in [-0.2, -0.15) is 0 Å². The molecule has 1 aromatic rings. The number of carbonyl (C=O) groups excluding carboxylic acids is 2. The van der Waals surface area contributed by atoms with Crippen molar-refractivity contribution in [2.45, 2.75) is 10.2 Å². The Kier molecular flexibility index (Phi) is 6.48. The maximum atomic E-state index is 12.8. The molecule has 0 saturated carbocycles. The van der Waals surface area contributed by atoms with E-state index < -0.39 is 39.3 Å². The van der Waals surface area contributed by atoms with Gasteiger partial charge in [-0.05, 0) is 6.08 Å². The fraction of sp³-hybridized carbons (Fsp3) is 0.250. The van der Waals surface area contributed by atoms with Gasteiger partial charge in [-0.1, -0.05) is 87.1 Å². The van der Waals surface area contributed by atoms with Crippen molar-refractivity contribution in [2.75, 3.05) is 0 Å². The minimum Gasteiger partial charge on any atom is -0.409 e. The molecule has 26 heavy (non-hydrogen) atoms. The highest BCUT2D eigenvalue weighted by Crippen LogP contribution is 2.47. The molecule has 0 radical (unpaired) electrons. The molecule has 10 heteroatoms. The largest absolute Gasteiger partial charge is 0.572 e. The summed E-state index contributed by atoms with van der Waals surface area (Å²) in [6.45, 7) is 0. The number of allylic oxidation sites excluding steroid dienone is 4. The third-order valence-corrected chi connectivity index (χ3v) is 4.69. The lowest BCUT2D eigenvalue weighted by molar-refractivity contribution is -0.308. The first kappa shape index (κ1) is 21.3.